The van der Waals surface area contributed by atoms with E-state index >= 15 is 0 Å². The predicted molar refractivity (Wildman–Crippen MR) is 101 cm³/mol. The molecular formula is C22H27N. The molecule has 120 valence electrons. The van der Waals surface area contributed by atoms with Crippen LogP contribution < -0.4 is 0 Å². The van der Waals surface area contributed by atoms with E-state index < -0.39 is 0 Å². The number of hydrogen-bond donors (Lipinski definition) is 1. The van der Waals surface area contributed by atoms with Gasteiger partial charge in [0.25, 0.3) is 0 Å². The Morgan fingerprint density at radius 3 is 1.91 bits per heavy atom. The Bertz CT molecular complexity index is 806. The highest BCUT2D eigenvalue weighted by Crippen LogP contribution is 2.36. The number of aromatic nitrogens is 1. The molecule has 0 unspecified atom stereocenters. The van der Waals surface area contributed by atoms with Gasteiger partial charge < -0.3 is 4.98 Å². The number of nitrogens with one attached hydrogen (secondary N) is 1. The van der Waals surface area contributed by atoms with Crippen LogP contribution in [0.2, 0.25) is 0 Å². The maximum absolute atomic E-state index is 3.32. The van der Waals surface area contributed by atoms with Crippen LogP contribution in [0.15, 0.2) is 48.7 Å². The fraction of sp³-hybridized carbons (Fsp3) is 0.364. The van der Waals surface area contributed by atoms with E-state index in [1.807, 2.05) is 6.20 Å². The summed E-state index contributed by atoms with van der Waals surface area (Å²) in [5.74, 6) is 0. The van der Waals surface area contributed by atoms with E-state index in [-0.39, 0.29) is 10.8 Å². The molecule has 0 saturated carbocycles. The molecule has 23 heavy (non-hydrogen) atoms. The first kappa shape index (κ1) is 15.9. The van der Waals surface area contributed by atoms with E-state index in [4.69, 9.17) is 0 Å². The minimum atomic E-state index is 0.141. The van der Waals surface area contributed by atoms with E-state index in [0.29, 0.717) is 0 Å². The van der Waals surface area contributed by atoms with Gasteiger partial charge in [-0.2, -0.15) is 0 Å². The summed E-state index contributed by atoms with van der Waals surface area (Å²) in [5.41, 5.74) is 6.89. The first-order chi connectivity index (χ1) is 10.7. The van der Waals surface area contributed by atoms with Crippen LogP contribution >= 0.6 is 0 Å². The monoisotopic (exact) mass is 305 g/mol. The molecule has 0 aliphatic heterocycles. The molecule has 0 fully saturated rings. The molecule has 0 amide bonds. The van der Waals surface area contributed by atoms with Crippen molar-refractivity contribution in [3.63, 3.8) is 0 Å². The van der Waals surface area contributed by atoms with Gasteiger partial charge in [0, 0.05) is 17.1 Å². The van der Waals surface area contributed by atoms with E-state index in [9.17, 15) is 0 Å². The number of fused-ring (bicyclic) bond motifs is 1. The summed E-state index contributed by atoms with van der Waals surface area (Å²) in [4.78, 5) is 3.32. The largest absolute Gasteiger partial charge is 0.361 e. The van der Waals surface area contributed by atoms with Crippen LogP contribution in [-0.2, 0) is 10.8 Å². The number of rotatable bonds is 1. The zero-order chi connectivity index (χ0) is 16.8. The van der Waals surface area contributed by atoms with Crippen LogP contribution in [-0.4, -0.2) is 4.98 Å². The third kappa shape index (κ3) is 3.06. The molecule has 0 bridgehead atoms. The quantitative estimate of drug-likeness (QED) is 0.533. The van der Waals surface area contributed by atoms with Gasteiger partial charge in [-0.15, -0.1) is 0 Å². The van der Waals surface area contributed by atoms with Crippen LogP contribution in [0.3, 0.4) is 0 Å². The smallest absolute Gasteiger partial charge is 0.0460 e. The molecule has 1 nitrogen and oxygen atoms in total. The lowest BCUT2D eigenvalue weighted by molar-refractivity contribution is 0.569. The average molecular weight is 305 g/mol. The molecule has 3 aromatic rings. The second-order valence-electron chi connectivity index (χ2n) is 8.54. The summed E-state index contributed by atoms with van der Waals surface area (Å²) in [7, 11) is 0. The van der Waals surface area contributed by atoms with Crippen molar-refractivity contribution in [3.8, 4) is 11.1 Å². The molecule has 0 aliphatic carbocycles. The molecule has 0 radical (unpaired) electrons. The summed E-state index contributed by atoms with van der Waals surface area (Å²) in [5, 5.41) is 1.29. The molecule has 1 heterocycles. The van der Waals surface area contributed by atoms with E-state index in [1.165, 1.54) is 33.2 Å². The Morgan fingerprint density at radius 2 is 1.35 bits per heavy atom. The Morgan fingerprint density at radius 1 is 0.739 bits per heavy atom. The lowest BCUT2D eigenvalue weighted by Gasteiger charge is -2.26. The van der Waals surface area contributed by atoms with Crippen molar-refractivity contribution in [2.24, 2.45) is 0 Å². The van der Waals surface area contributed by atoms with Crippen molar-refractivity contribution in [1.82, 2.24) is 4.98 Å². The summed E-state index contributed by atoms with van der Waals surface area (Å²) in [6.07, 6.45) is 2.02. The fourth-order valence-electron chi connectivity index (χ4n) is 2.99. The molecule has 0 saturated heterocycles. The molecule has 0 atom stereocenters. The summed E-state index contributed by atoms with van der Waals surface area (Å²) in [6.45, 7) is 13.7. The zero-order valence-electron chi connectivity index (χ0n) is 15.1. The Labute approximate surface area is 139 Å². The van der Waals surface area contributed by atoms with E-state index in [2.05, 4.69) is 89.0 Å². The third-order valence-corrected chi connectivity index (χ3v) is 4.57. The van der Waals surface area contributed by atoms with Gasteiger partial charge in [0.15, 0.2) is 0 Å². The van der Waals surface area contributed by atoms with Gasteiger partial charge in [-0.3, -0.25) is 0 Å². The second kappa shape index (κ2) is 5.26. The lowest BCUT2D eigenvalue weighted by Crippen LogP contribution is -2.16. The molecule has 0 aliphatic rings. The molecule has 2 aromatic carbocycles. The van der Waals surface area contributed by atoms with E-state index in [1.54, 1.807) is 0 Å². The van der Waals surface area contributed by atoms with Gasteiger partial charge in [0.05, 0.1) is 0 Å². The predicted octanol–water partition coefficient (Wildman–Crippen LogP) is 6.43. The Balaban J connectivity index is 2.29. The van der Waals surface area contributed by atoms with Crippen LogP contribution in [0.1, 0.15) is 52.7 Å². The number of benzene rings is 2. The topological polar surface area (TPSA) is 15.8 Å². The minimum Gasteiger partial charge on any atom is -0.361 e. The van der Waals surface area contributed by atoms with Crippen LogP contribution in [0, 0.1) is 0 Å². The fourth-order valence-corrected chi connectivity index (χ4v) is 2.99. The summed E-state index contributed by atoms with van der Waals surface area (Å²) in [6, 6.07) is 15.8. The average Bonchev–Trinajstić information content (AvgIpc) is 2.93. The number of H-pyrrole nitrogens is 1. The molecule has 1 heteroatoms. The highest BCUT2D eigenvalue weighted by Gasteiger charge is 2.21. The van der Waals surface area contributed by atoms with Crippen LogP contribution in [0.5, 0.6) is 0 Å². The van der Waals surface area contributed by atoms with Crippen LogP contribution in [0.4, 0.5) is 0 Å². The highest BCUT2D eigenvalue weighted by molar-refractivity contribution is 5.95. The Hall–Kier alpha value is -2.02. The molecule has 1 N–H and O–H groups in total. The molecule has 3 rings (SSSR count). The van der Waals surface area contributed by atoms with Gasteiger partial charge in [-0.1, -0.05) is 71.9 Å². The van der Waals surface area contributed by atoms with Crippen molar-refractivity contribution in [3.05, 3.63) is 59.8 Å². The maximum Gasteiger partial charge on any atom is 0.0460 e. The molecule has 0 spiro atoms. The SMILES string of the molecule is CC(C)(C)c1cc(-c2cccc3[nH]ccc23)cc(C(C)(C)C)c1. The van der Waals surface area contributed by atoms with Gasteiger partial charge in [-0.25, -0.2) is 0 Å². The molecular weight excluding hydrogens is 278 g/mol. The third-order valence-electron chi connectivity index (χ3n) is 4.57. The number of aromatic amines is 1. The lowest BCUT2D eigenvalue weighted by atomic mass is 9.78. The standard InChI is InChI=1S/C22H27N/c1-21(2,3)16-12-15(13-17(14-16)22(4,5)6)18-8-7-9-20-19(18)10-11-23-20/h7-14,23H,1-6H3. The van der Waals surface area contributed by atoms with Crippen molar-refractivity contribution < 1.29 is 0 Å². The van der Waals surface area contributed by atoms with Crippen molar-refractivity contribution in [2.45, 2.75) is 52.4 Å². The maximum atomic E-state index is 3.32. The zero-order valence-corrected chi connectivity index (χ0v) is 15.1. The van der Waals surface area contributed by atoms with Crippen LogP contribution in [0.25, 0.3) is 22.0 Å². The van der Waals surface area contributed by atoms with Gasteiger partial charge >= 0.3 is 0 Å². The first-order valence-corrected chi connectivity index (χ1v) is 8.39. The first-order valence-electron chi connectivity index (χ1n) is 8.39. The van der Waals surface area contributed by atoms with Gasteiger partial charge in [-0.05, 0) is 45.2 Å². The van der Waals surface area contributed by atoms with Gasteiger partial charge in [0.1, 0.15) is 0 Å². The number of hydrogen-bond acceptors (Lipinski definition) is 0. The normalized spacial score (nSPS) is 12.8. The second-order valence-corrected chi connectivity index (χ2v) is 8.54. The Kier molecular flexibility index (Phi) is 3.63. The minimum absolute atomic E-state index is 0.141. The van der Waals surface area contributed by atoms with Crippen molar-refractivity contribution in [2.75, 3.05) is 0 Å². The summed E-state index contributed by atoms with van der Waals surface area (Å²) >= 11 is 0. The molecule has 1 aromatic heterocycles. The van der Waals surface area contributed by atoms with Crippen molar-refractivity contribution in [1.29, 1.82) is 0 Å². The van der Waals surface area contributed by atoms with Crippen molar-refractivity contribution >= 4 is 10.9 Å². The highest BCUT2D eigenvalue weighted by atomic mass is 14.7. The van der Waals surface area contributed by atoms with Gasteiger partial charge in [0.2, 0.25) is 0 Å². The van der Waals surface area contributed by atoms with E-state index in [0.717, 1.165) is 0 Å². The summed E-state index contributed by atoms with van der Waals surface area (Å²) < 4.78 is 0.